The molecule has 0 radical (unpaired) electrons. The molecular weight excluding hydrogens is 144 g/mol. The Morgan fingerprint density at radius 1 is 0.917 bits per heavy atom. The summed E-state index contributed by atoms with van der Waals surface area (Å²) in [5.74, 6) is 0. The Labute approximate surface area is 77.7 Å². The van der Waals surface area contributed by atoms with Crippen molar-refractivity contribution in [3.8, 4) is 0 Å². The van der Waals surface area contributed by atoms with Gasteiger partial charge in [-0.1, -0.05) is 63.6 Å². The third-order valence-electron chi connectivity index (χ3n) is 1.12. The van der Waals surface area contributed by atoms with Crippen molar-refractivity contribution in [2.75, 3.05) is 0 Å². The number of hydrogen-bond donors (Lipinski definition) is 0. The van der Waals surface area contributed by atoms with Gasteiger partial charge >= 0.3 is 0 Å². The predicted molar refractivity (Wildman–Crippen MR) is 59.4 cm³/mol. The van der Waals surface area contributed by atoms with Crippen molar-refractivity contribution < 1.29 is 0 Å². The number of unbranched alkanes of at least 4 members (excludes halogenated alkanes) is 1. The zero-order chi connectivity index (χ0) is 9.66. The summed E-state index contributed by atoms with van der Waals surface area (Å²) < 4.78 is 0. The van der Waals surface area contributed by atoms with E-state index < -0.39 is 0 Å². The SMILES string of the molecule is C/C=C/C=C\C=C/CCC.CC. The van der Waals surface area contributed by atoms with Crippen LogP contribution in [0.25, 0.3) is 0 Å². The van der Waals surface area contributed by atoms with Crippen LogP contribution in [-0.4, -0.2) is 0 Å². The third kappa shape index (κ3) is 16.1. The van der Waals surface area contributed by atoms with Gasteiger partial charge in [-0.15, -0.1) is 0 Å². The molecule has 0 heterocycles. The van der Waals surface area contributed by atoms with Crippen molar-refractivity contribution in [2.24, 2.45) is 0 Å². The molecular formula is C12H22. The lowest BCUT2D eigenvalue weighted by atomic mass is 10.3. The molecule has 0 saturated carbocycles. The highest BCUT2D eigenvalue weighted by Crippen LogP contribution is 1.88. The number of allylic oxidation sites excluding steroid dienone is 6. The Hall–Kier alpha value is -0.780. The first-order valence-electron chi connectivity index (χ1n) is 4.86. The van der Waals surface area contributed by atoms with Crippen molar-refractivity contribution in [1.29, 1.82) is 0 Å². The number of hydrogen-bond acceptors (Lipinski definition) is 0. The Morgan fingerprint density at radius 2 is 1.50 bits per heavy atom. The van der Waals surface area contributed by atoms with Gasteiger partial charge in [0.2, 0.25) is 0 Å². The number of rotatable bonds is 4. The van der Waals surface area contributed by atoms with Crippen molar-refractivity contribution in [3.05, 3.63) is 36.5 Å². The average Bonchev–Trinajstić information content (AvgIpc) is 2.15. The van der Waals surface area contributed by atoms with Crippen molar-refractivity contribution in [2.45, 2.75) is 40.5 Å². The maximum atomic E-state index is 2.18. The molecule has 0 spiro atoms. The fourth-order valence-corrected chi connectivity index (χ4v) is 0.581. The zero-order valence-electron chi connectivity index (χ0n) is 8.88. The molecule has 0 aromatic rings. The molecule has 0 unspecified atom stereocenters. The van der Waals surface area contributed by atoms with E-state index in [-0.39, 0.29) is 0 Å². The van der Waals surface area contributed by atoms with Crippen LogP contribution in [0.15, 0.2) is 36.5 Å². The third-order valence-corrected chi connectivity index (χ3v) is 1.12. The Bertz CT molecular complexity index is 127. The maximum Gasteiger partial charge on any atom is -0.0350 e. The highest BCUT2D eigenvalue weighted by molar-refractivity contribution is 5.10. The van der Waals surface area contributed by atoms with Crippen LogP contribution in [0.3, 0.4) is 0 Å². The molecule has 0 atom stereocenters. The van der Waals surface area contributed by atoms with E-state index in [0.29, 0.717) is 0 Å². The summed E-state index contributed by atoms with van der Waals surface area (Å²) in [6.45, 7) is 8.19. The minimum Gasteiger partial charge on any atom is -0.0877 e. The van der Waals surface area contributed by atoms with Crippen LogP contribution in [0.1, 0.15) is 40.5 Å². The van der Waals surface area contributed by atoms with E-state index in [1.807, 2.05) is 39.0 Å². The van der Waals surface area contributed by atoms with E-state index in [4.69, 9.17) is 0 Å². The molecule has 12 heavy (non-hydrogen) atoms. The summed E-state index contributed by atoms with van der Waals surface area (Å²) in [5.41, 5.74) is 0. The Balaban J connectivity index is 0. The lowest BCUT2D eigenvalue weighted by Gasteiger charge is -1.78. The molecule has 0 aromatic carbocycles. The molecule has 0 rings (SSSR count). The van der Waals surface area contributed by atoms with Crippen LogP contribution in [0.2, 0.25) is 0 Å². The Kier molecular flexibility index (Phi) is 19.1. The van der Waals surface area contributed by atoms with Gasteiger partial charge in [0.25, 0.3) is 0 Å². The second kappa shape index (κ2) is 16.7. The summed E-state index contributed by atoms with van der Waals surface area (Å²) in [6, 6.07) is 0. The van der Waals surface area contributed by atoms with Crippen LogP contribution in [0, 0.1) is 0 Å². The minimum absolute atomic E-state index is 1.18. The molecule has 0 aliphatic rings. The van der Waals surface area contributed by atoms with Gasteiger partial charge in [-0.2, -0.15) is 0 Å². The smallest absolute Gasteiger partial charge is 0.0350 e. The van der Waals surface area contributed by atoms with Crippen molar-refractivity contribution in [1.82, 2.24) is 0 Å². The Morgan fingerprint density at radius 3 is 2.00 bits per heavy atom. The summed E-state index contributed by atoms with van der Waals surface area (Å²) >= 11 is 0. The van der Waals surface area contributed by atoms with E-state index in [1.165, 1.54) is 12.8 Å². The second-order valence-electron chi connectivity index (χ2n) is 2.13. The molecule has 0 bridgehead atoms. The van der Waals surface area contributed by atoms with Crippen LogP contribution < -0.4 is 0 Å². The van der Waals surface area contributed by atoms with Crippen LogP contribution in [0.5, 0.6) is 0 Å². The quantitative estimate of drug-likeness (QED) is 0.539. The zero-order valence-corrected chi connectivity index (χ0v) is 8.88. The summed E-state index contributed by atoms with van der Waals surface area (Å²) in [6.07, 6.45) is 14.8. The maximum absolute atomic E-state index is 2.18. The summed E-state index contributed by atoms with van der Waals surface area (Å²) in [4.78, 5) is 0. The van der Waals surface area contributed by atoms with Gasteiger partial charge in [-0.05, 0) is 13.3 Å². The molecule has 0 amide bonds. The topological polar surface area (TPSA) is 0 Å². The monoisotopic (exact) mass is 166 g/mol. The van der Waals surface area contributed by atoms with Crippen molar-refractivity contribution in [3.63, 3.8) is 0 Å². The van der Waals surface area contributed by atoms with E-state index in [1.54, 1.807) is 0 Å². The average molecular weight is 166 g/mol. The highest BCUT2D eigenvalue weighted by Gasteiger charge is 1.67. The minimum atomic E-state index is 1.18. The molecule has 0 nitrogen and oxygen atoms in total. The summed E-state index contributed by atoms with van der Waals surface area (Å²) in [5, 5.41) is 0. The molecule has 0 saturated heterocycles. The van der Waals surface area contributed by atoms with Gasteiger partial charge in [0, 0.05) is 0 Å². The molecule has 70 valence electrons. The highest BCUT2D eigenvalue weighted by atomic mass is 13.7. The molecule has 0 N–H and O–H groups in total. The van der Waals surface area contributed by atoms with Gasteiger partial charge in [0.1, 0.15) is 0 Å². The molecule has 0 heteroatoms. The fraction of sp³-hybridized carbons (Fsp3) is 0.500. The van der Waals surface area contributed by atoms with Crippen LogP contribution >= 0.6 is 0 Å². The van der Waals surface area contributed by atoms with E-state index in [0.717, 1.165) is 0 Å². The van der Waals surface area contributed by atoms with Crippen LogP contribution in [-0.2, 0) is 0 Å². The lowest BCUT2D eigenvalue weighted by Crippen LogP contribution is -1.58. The van der Waals surface area contributed by atoms with Gasteiger partial charge < -0.3 is 0 Å². The molecule has 0 aliphatic carbocycles. The first kappa shape index (κ1) is 13.8. The van der Waals surface area contributed by atoms with E-state index >= 15 is 0 Å². The van der Waals surface area contributed by atoms with Crippen LogP contribution in [0.4, 0.5) is 0 Å². The fourth-order valence-electron chi connectivity index (χ4n) is 0.581. The molecule has 0 fully saturated rings. The summed E-state index contributed by atoms with van der Waals surface area (Å²) in [7, 11) is 0. The first-order valence-corrected chi connectivity index (χ1v) is 4.86. The van der Waals surface area contributed by atoms with Gasteiger partial charge in [-0.3, -0.25) is 0 Å². The van der Waals surface area contributed by atoms with E-state index in [2.05, 4.69) is 25.2 Å². The van der Waals surface area contributed by atoms with Gasteiger partial charge in [0.05, 0.1) is 0 Å². The standard InChI is InChI=1S/C10H16.C2H6/c1-3-5-7-9-10-8-6-4-2;1-2/h3,5,7-10H,4,6H2,1-2H3;1-2H3/b5-3+,9-7-,10-8-;. The normalized spacial score (nSPS) is 11.0. The van der Waals surface area contributed by atoms with Crippen molar-refractivity contribution >= 4 is 0 Å². The first-order chi connectivity index (χ1) is 5.91. The molecule has 0 aromatic heterocycles. The second-order valence-corrected chi connectivity index (χ2v) is 2.13. The lowest BCUT2D eigenvalue weighted by molar-refractivity contribution is 0.959. The van der Waals surface area contributed by atoms with E-state index in [9.17, 15) is 0 Å². The van der Waals surface area contributed by atoms with Gasteiger partial charge in [-0.25, -0.2) is 0 Å². The van der Waals surface area contributed by atoms with Gasteiger partial charge in [0.15, 0.2) is 0 Å². The predicted octanol–water partition coefficient (Wildman–Crippen LogP) is 4.50. The largest absolute Gasteiger partial charge is 0.0877 e. The molecule has 0 aliphatic heterocycles.